The van der Waals surface area contributed by atoms with E-state index < -0.39 is 10.0 Å². The van der Waals surface area contributed by atoms with Crippen molar-refractivity contribution in [1.82, 2.24) is 10.2 Å². The molecule has 0 unspecified atom stereocenters. The summed E-state index contributed by atoms with van der Waals surface area (Å²) in [6, 6.07) is 6.63. The predicted molar refractivity (Wildman–Crippen MR) is 101 cm³/mol. The smallest absolute Gasteiger partial charge is 0.251 e. The summed E-state index contributed by atoms with van der Waals surface area (Å²) < 4.78 is 26.3. The monoisotopic (exact) mass is 367 g/mol. The summed E-state index contributed by atoms with van der Waals surface area (Å²) in [6.45, 7) is 2.41. The van der Waals surface area contributed by atoms with E-state index in [1.165, 1.54) is 12.8 Å². The Balaban J connectivity index is 2.03. The van der Waals surface area contributed by atoms with E-state index in [-0.39, 0.29) is 17.2 Å². The molecule has 1 aliphatic rings. The number of carbonyl (C=O) groups excluding carboxylic acids is 1. The standard InChI is InChI=1S/C18H29N3O3S/c1-4-12-25(23,24)20-16-9-7-8-15(13-16)17(22)19-14-18(21(2)3)10-5-6-11-18/h7-9,13,20H,4-6,10-12,14H2,1-3H3,(H,19,22). The number of carbonyl (C=O) groups is 1. The van der Waals surface area contributed by atoms with Crippen LogP contribution in [0.15, 0.2) is 24.3 Å². The topological polar surface area (TPSA) is 78.5 Å². The van der Waals surface area contributed by atoms with Crippen molar-refractivity contribution in [2.24, 2.45) is 0 Å². The zero-order chi connectivity index (χ0) is 18.5. The van der Waals surface area contributed by atoms with Crippen LogP contribution in [0.4, 0.5) is 5.69 Å². The first-order valence-corrected chi connectivity index (χ1v) is 10.5. The number of likely N-dealkylation sites (N-methyl/N-ethyl adjacent to an activating group) is 1. The van der Waals surface area contributed by atoms with E-state index >= 15 is 0 Å². The van der Waals surface area contributed by atoms with Crippen LogP contribution in [-0.4, -0.2) is 51.2 Å². The van der Waals surface area contributed by atoms with Gasteiger partial charge in [-0.1, -0.05) is 25.8 Å². The van der Waals surface area contributed by atoms with Crippen LogP contribution in [-0.2, 0) is 10.0 Å². The second-order valence-electron chi connectivity index (χ2n) is 7.01. The van der Waals surface area contributed by atoms with Gasteiger partial charge in [-0.05, 0) is 51.6 Å². The van der Waals surface area contributed by atoms with E-state index in [1.807, 2.05) is 6.92 Å². The molecule has 2 rings (SSSR count). The van der Waals surface area contributed by atoms with Crippen molar-refractivity contribution in [1.29, 1.82) is 0 Å². The van der Waals surface area contributed by atoms with Gasteiger partial charge in [0.1, 0.15) is 0 Å². The third-order valence-corrected chi connectivity index (χ3v) is 6.42. The second-order valence-corrected chi connectivity index (χ2v) is 8.85. The molecule has 7 heteroatoms. The van der Waals surface area contributed by atoms with Gasteiger partial charge in [0.05, 0.1) is 5.75 Å². The van der Waals surface area contributed by atoms with Crippen LogP contribution in [0.25, 0.3) is 0 Å². The third kappa shape index (κ3) is 5.19. The van der Waals surface area contributed by atoms with E-state index in [2.05, 4.69) is 29.0 Å². The first kappa shape index (κ1) is 19.7. The minimum atomic E-state index is -3.36. The molecule has 0 bridgehead atoms. The van der Waals surface area contributed by atoms with Crippen LogP contribution in [0.5, 0.6) is 0 Å². The summed E-state index contributed by atoms with van der Waals surface area (Å²) in [5, 5.41) is 3.02. The van der Waals surface area contributed by atoms with Crippen molar-refractivity contribution in [2.75, 3.05) is 31.1 Å². The van der Waals surface area contributed by atoms with Crippen LogP contribution in [0, 0.1) is 0 Å². The van der Waals surface area contributed by atoms with Crippen LogP contribution in [0.1, 0.15) is 49.4 Å². The molecule has 25 heavy (non-hydrogen) atoms. The molecule has 2 N–H and O–H groups in total. The zero-order valence-corrected chi connectivity index (χ0v) is 16.2. The number of anilines is 1. The average molecular weight is 368 g/mol. The highest BCUT2D eigenvalue weighted by Gasteiger charge is 2.36. The number of rotatable bonds is 8. The molecule has 1 saturated carbocycles. The van der Waals surface area contributed by atoms with Gasteiger partial charge in [0.2, 0.25) is 10.0 Å². The quantitative estimate of drug-likeness (QED) is 0.740. The molecule has 0 spiro atoms. The number of hydrogen-bond donors (Lipinski definition) is 2. The second kappa shape index (κ2) is 8.19. The molecule has 1 amide bonds. The van der Waals surface area contributed by atoms with Crippen molar-refractivity contribution in [3.05, 3.63) is 29.8 Å². The largest absolute Gasteiger partial charge is 0.350 e. The van der Waals surface area contributed by atoms with Crippen LogP contribution >= 0.6 is 0 Å². The van der Waals surface area contributed by atoms with Gasteiger partial charge in [0, 0.05) is 23.3 Å². The highest BCUT2D eigenvalue weighted by atomic mass is 32.2. The minimum absolute atomic E-state index is 0.0238. The molecular weight excluding hydrogens is 338 g/mol. The summed E-state index contributed by atoms with van der Waals surface area (Å²) in [6.07, 6.45) is 5.07. The van der Waals surface area contributed by atoms with Gasteiger partial charge >= 0.3 is 0 Å². The Bertz CT molecular complexity index is 695. The molecule has 1 aromatic carbocycles. The Kier molecular flexibility index (Phi) is 6.46. The Hall–Kier alpha value is -1.60. The highest BCUT2D eigenvalue weighted by molar-refractivity contribution is 7.92. The third-order valence-electron chi connectivity index (χ3n) is 4.93. The molecule has 0 saturated heterocycles. The number of sulfonamides is 1. The molecule has 0 radical (unpaired) electrons. The molecular formula is C18H29N3O3S. The Morgan fingerprint density at radius 2 is 1.92 bits per heavy atom. The van der Waals surface area contributed by atoms with Crippen molar-refractivity contribution in [2.45, 2.75) is 44.6 Å². The van der Waals surface area contributed by atoms with Gasteiger partial charge in [-0.3, -0.25) is 9.52 Å². The van der Waals surface area contributed by atoms with E-state index in [4.69, 9.17) is 0 Å². The maximum atomic E-state index is 12.5. The zero-order valence-electron chi connectivity index (χ0n) is 15.3. The van der Waals surface area contributed by atoms with Crippen molar-refractivity contribution in [3.63, 3.8) is 0 Å². The molecule has 0 heterocycles. The first-order chi connectivity index (χ1) is 11.8. The van der Waals surface area contributed by atoms with Gasteiger partial charge in [-0.15, -0.1) is 0 Å². The lowest BCUT2D eigenvalue weighted by molar-refractivity contribution is 0.0900. The van der Waals surface area contributed by atoms with Gasteiger partial charge in [0.15, 0.2) is 0 Å². The number of amides is 1. The predicted octanol–water partition coefficient (Wildman–Crippen LogP) is 2.44. The summed E-state index contributed by atoms with van der Waals surface area (Å²) in [4.78, 5) is 14.7. The Labute approximate surface area is 151 Å². The fourth-order valence-corrected chi connectivity index (χ4v) is 4.51. The summed E-state index contributed by atoms with van der Waals surface area (Å²) in [5.74, 6) is -0.112. The number of benzene rings is 1. The van der Waals surface area contributed by atoms with E-state index in [1.54, 1.807) is 24.3 Å². The van der Waals surface area contributed by atoms with Crippen molar-refractivity contribution < 1.29 is 13.2 Å². The lowest BCUT2D eigenvalue weighted by atomic mass is 9.96. The molecule has 6 nitrogen and oxygen atoms in total. The molecule has 1 aromatic rings. The maximum Gasteiger partial charge on any atom is 0.251 e. The molecule has 0 atom stereocenters. The summed E-state index contributed by atoms with van der Waals surface area (Å²) in [5.41, 5.74) is 0.906. The summed E-state index contributed by atoms with van der Waals surface area (Å²) in [7, 11) is 0.750. The molecule has 140 valence electrons. The van der Waals surface area contributed by atoms with Gasteiger partial charge in [-0.2, -0.15) is 0 Å². The SMILES string of the molecule is CCCS(=O)(=O)Nc1cccc(C(=O)NCC2(N(C)C)CCCC2)c1. The highest BCUT2D eigenvalue weighted by Crippen LogP contribution is 2.33. The van der Waals surface area contributed by atoms with Gasteiger partial charge in [-0.25, -0.2) is 8.42 Å². The maximum absolute atomic E-state index is 12.5. The molecule has 1 aliphatic carbocycles. The Morgan fingerprint density at radius 3 is 2.52 bits per heavy atom. The van der Waals surface area contributed by atoms with Crippen LogP contribution < -0.4 is 10.0 Å². The van der Waals surface area contributed by atoms with Crippen LogP contribution in [0.2, 0.25) is 0 Å². The van der Waals surface area contributed by atoms with Crippen molar-refractivity contribution >= 4 is 21.6 Å². The van der Waals surface area contributed by atoms with E-state index in [9.17, 15) is 13.2 Å². The molecule has 0 aromatic heterocycles. The lowest BCUT2D eigenvalue weighted by Gasteiger charge is -2.36. The number of nitrogens with zero attached hydrogens (tertiary/aromatic N) is 1. The normalized spacial score (nSPS) is 16.8. The van der Waals surface area contributed by atoms with Crippen molar-refractivity contribution in [3.8, 4) is 0 Å². The fraction of sp³-hybridized carbons (Fsp3) is 0.611. The average Bonchev–Trinajstić information content (AvgIpc) is 3.02. The molecule has 1 fully saturated rings. The number of hydrogen-bond acceptors (Lipinski definition) is 4. The van der Waals surface area contributed by atoms with Gasteiger partial charge in [0.25, 0.3) is 5.91 Å². The van der Waals surface area contributed by atoms with E-state index in [0.29, 0.717) is 24.2 Å². The lowest BCUT2D eigenvalue weighted by Crippen LogP contribution is -2.50. The fourth-order valence-electron chi connectivity index (χ4n) is 3.39. The van der Waals surface area contributed by atoms with Crippen LogP contribution in [0.3, 0.4) is 0 Å². The molecule has 0 aliphatic heterocycles. The number of nitrogens with one attached hydrogen (secondary N) is 2. The summed E-state index contributed by atoms with van der Waals surface area (Å²) >= 11 is 0. The van der Waals surface area contributed by atoms with Gasteiger partial charge < -0.3 is 10.2 Å². The van der Waals surface area contributed by atoms with E-state index in [0.717, 1.165) is 12.8 Å². The Morgan fingerprint density at radius 1 is 1.24 bits per heavy atom. The first-order valence-electron chi connectivity index (χ1n) is 8.84. The minimum Gasteiger partial charge on any atom is -0.350 e.